The number of rotatable bonds is 6. The van der Waals surface area contributed by atoms with E-state index in [4.69, 9.17) is 11.6 Å². The standard InChI is InChI=1S/C13H19ClN2O3S/c1-3-4-5-10-16(2)13(17)15-20(18,19)12-8-6-11(14)7-9-12/h6-9H,3-5,10H2,1-2H3,(H,15,17). The maximum Gasteiger partial charge on any atom is 0.331 e. The number of amides is 2. The highest BCUT2D eigenvalue weighted by Crippen LogP contribution is 2.14. The third-order valence-electron chi connectivity index (χ3n) is 2.79. The predicted octanol–water partition coefficient (Wildman–Crippen LogP) is 2.86. The van der Waals surface area contributed by atoms with Crippen LogP contribution in [0.2, 0.25) is 5.02 Å². The van der Waals surface area contributed by atoms with Gasteiger partial charge in [0.25, 0.3) is 10.0 Å². The number of nitrogens with zero attached hydrogens (tertiary/aromatic N) is 1. The van der Waals surface area contributed by atoms with Gasteiger partial charge >= 0.3 is 6.03 Å². The zero-order valence-electron chi connectivity index (χ0n) is 11.6. The number of carbonyl (C=O) groups is 1. The van der Waals surface area contributed by atoms with Crippen LogP contribution in [0.5, 0.6) is 0 Å². The van der Waals surface area contributed by atoms with Crippen LogP contribution in [-0.2, 0) is 10.0 Å². The first kappa shape index (κ1) is 16.8. The van der Waals surface area contributed by atoms with Crippen LogP contribution in [-0.4, -0.2) is 32.9 Å². The molecule has 1 rings (SSSR count). The minimum absolute atomic E-state index is 0.0113. The quantitative estimate of drug-likeness (QED) is 0.820. The Labute approximate surface area is 125 Å². The van der Waals surface area contributed by atoms with Crippen LogP contribution >= 0.6 is 11.6 Å². The van der Waals surface area contributed by atoms with Crippen LogP contribution in [0.15, 0.2) is 29.2 Å². The molecular formula is C13H19ClN2O3S. The Hall–Kier alpha value is -1.27. The van der Waals surface area contributed by atoms with Crippen molar-refractivity contribution in [2.24, 2.45) is 0 Å². The zero-order valence-corrected chi connectivity index (χ0v) is 13.2. The molecule has 112 valence electrons. The van der Waals surface area contributed by atoms with Crippen LogP contribution in [0.25, 0.3) is 0 Å². The smallest absolute Gasteiger partial charge is 0.327 e. The van der Waals surface area contributed by atoms with Crippen molar-refractivity contribution in [1.82, 2.24) is 9.62 Å². The number of sulfonamides is 1. The van der Waals surface area contributed by atoms with Gasteiger partial charge in [-0.15, -0.1) is 0 Å². The van der Waals surface area contributed by atoms with E-state index < -0.39 is 16.1 Å². The molecule has 0 atom stereocenters. The topological polar surface area (TPSA) is 66.5 Å². The van der Waals surface area contributed by atoms with E-state index in [0.717, 1.165) is 19.3 Å². The lowest BCUT2D eigenvalue weighted by Gasteiger charge is -2.17. The Kier molecular flexibility index (Phi) is 6.29. The van der Waals surface area contributed by atoms with Crippen molar-refractivity contribution in [2.45, 2.75) is 31.1 Å². The molecule has 0 aliphatic rings. The van der Waals surface area contributed by atoms with E-state index in [0.29, 0.717) is 11.6 Å². The SMILES string of the molecule is CCCCCN(C)C(=O)NS(=O)(=O)c1ccc(Cl)cc1. The minimum atomic E-state index is -3.85. The molecule has 0 aliphatic heterocycles. The van der Waals surface area contributed by atoms with Crippen LogP contribution in [0.3, 0.4) is 0 Å². The number of hydrogen-bond donors (Lipinski definition) is 1. The lowest BCUT2D eigenvalue weighted by molar-refractivity contribution is 0.214. The fourth-order valence-corrected chi connectivity index (χ4v) is 2.69. The summed E-state index contributed by atoms with van der Waals surface area (Å²) in [5.41, 5.74) is 0. The molecule has 0 saturated heterocycles. The van der Waals surface area contributed by atoms with Gasteiger partial charge in [-0.3, -0.25) is 0 Å². The van der Waals surface area contributed by atoms with Crippen molar-refractivity contribution in [2.75, 3.05) is 13.6 Å². The monoisotopic (exact) mass is 318 g/mol. The van der Waals surface area contributed by atoms with Crippen molar-refractivity contribution >= 4 is 27.7 Å². The van der Waals surface area contributed by atoms with Gasteiger partial charge in [-0.2, -0.15) is 0 Å². The van der Waals surface area contributed by atoms with E-state index in [1.54, 1.807) is 7.05 Å². The van der Waals surface area contributed by atoms with Gasteiger partial charge in [0.2, 0.25) is 0 Å². The first-order chi connectivity index (χ1) is 9.36. The molecular weight excluding hydrogens is 300 g/mol. The highest BCUT2D eigenvalue weighted by atomic mass is 35.5. The lowest BCUT2D eigenvalue weighted by Crippen LogP contribution is -2.41. The van der Waals surface area contributed by atoms with Crippen molar-refractivity contribution < 1.29 is 13.2 Å². The van der Waals surface area contributed by atoms with E-state index in [9.17, 15) is 13.2 Å². The van der Waals surface area contributed by atoms with E-state index >= 15 is 0 Å². The molecule has 2 amide bonds. The van der Waals surface area contributed by atoms with Gasteiger partial charge < -0.3 is 4.90 Å². The van der Waals surface area contributed by atoms with Gasteiger partial charge in [-0.25, -0.2) is 17.9 Å². The normalized spacial score (nSPS) is 11.2. The number of unbranched alkanes of at least 4 members (excludes halogenated alkanes) is 2. The van der Waals surface area contributed by atoms with Gasteiger partial charge in [-0.05, 0) is 30.7 Å². The molecule has 0 fully saturated rings. The Morgan fingerprint density at radius 3 is 2.40 bits per heavy atom. The molecule has 0 bridgehead atoms. The minimum Gasteiger partial charge on any atom is -0.327 e. The molecule has 0 aromatic heterocycles. The molecule has 5 nitrogen and oxygen atoms in total. The number of benzene rings is 1. The van der Waals surface area contributed by atoms with Crippen LogP contribution in [0.1, 0.15) is 26.2 Å². The summed E-state index contributed by atoms with van der Waals surface area (Å²) in [4.78, 5) is 13.2. The van der Waals surface area contributed by atoms with Crippen molar-refractivity contribution in [1.29, 1.82) is 0 Å². The average Bonchev–Trinajstić information content (AvgIpc) is 2.38. The average molecular weight is 319 g/mol. The number of urea groups is 1. The van der Waals surface area contributed by atoms with Crippen LogP contribution in [0.4, 0.5) is 4.79 Å². The van der Waals surface area contributed by atoms with E-state index in [1.165, 1.54) is 29.2 Å². The number of halogens is 1. The lowest BCUT2D eigenvalue weighted by atomic mass is 10.2. The summed E-state index contributed by atoms with van der Waals surface area (Å²) >= 11 is 5.70. The molecule has 1 N–H and O–H groups in total. The van der Waals surface area contributed by atoms with Crippen LogP contribution < -0.4 is 4.72 Å². The predicted molar refractivity (Wildman–Crippen MR) is 79.3 cm³/mol. The summed E-state index contributed by atoms with van der Waals surface area (Å²) in [6.45, 7) is 2.58. The zero-order chi connectivity index (χ0) is 15.2. The van der Waals surface area contributed by atoms with Gasteiger partial charge in [0.15, 0.2) is 0 Å². The molecule has 0 radical (unpaired) electrons. The second-order valence-electron chi connectivity index (χ2n) is 4.49. The third kappa shape index (κ3) is 5.02. The van der Waals surface area contributed by atoms with Crippen molar-refractivity contribution in [3.8, 4) is 0 Å². The maximum atomic E-state index is 12.0. The van der Waals surface area contributed by atoms with Crippen LogP contribution in [0, 0.1) is 0 Å². The largest absolute Gasteiger partial charge is 0.331 e. The molecule has 1 aromatic rings. The molecule has 0 aliphatic carbocycles. The number of nitrogens with one attached hydrogen (secondary N) is 1. The van der Waals surface area contributed by atoms with E-state index in [2.05, 4.69) is 6.92 Å². The molecule has 7 heteroatoms. The molecule has 0 spiro atoms. The highest BCUT2D eigenvalue weighted by Gasteiger charge is 2.19. The van der Waals surface area contributed by atoms with Gasteiger partial charge in [-0.1, -0.05) is 31.4 Å². The maximum absolute atomic E-state index is 12.0. The Bertz CT molecular complexity index is 543. The summed E-state index contributed by atoms with van der Waals surface area (Å²) in [5.74, 6) is 0. The fourth-order valence-electron chi connectivity index (χ4n) is 1.57. The Balaban J connectivity index is 2.66. The van der Waals surface area contributed by atoms with E-state index in [1.807, 2.05) is 4.72 Å². The second kappa shape index (κ2) is 7.50. The number of carbonyl (C=O) groups excluding carboxylic acids is 1. The summed E-state index contributed by atoms with van der Waals surface area (Å²) in [5, 5.41) is 0.437. The first-order valence-electron chi connectivity index (χ1n) is 6.40. The molecule has 0 heterocycles. The molecule has 1 aromatic carbocycles. The molecule has 0 unspecified atom stereocenters. The molecule has 20 heavy (non-hydrogen) atoms. The Morgan fingerprint density at radius 2 is 1.85 bits per heavy atom. The first-order valence-corrected chi connectivity index (χ1v) is 8.26. The van der Waals surface area contributed by atoms with Gasteiger partial charge in [0.05, 0.1) is 4.90 Å². The summed E-state index contributed by atoms with van der Waals surface area (Å²) in [6, 6.07) is 5.01. The van der Waals surface area contributed by atoms with Gasteiger partial charge in [0.1, 0.15) is 0 Å². The third-order valence-corrected chi connectivity index (χ3v) is 4.38. The van der Waals surface area contributed by atoms with E-state index in [-0.39, 0.29) is 4.90 Å². The fraction of sp³-hybridized carbons (Fsp3) is 0.462. The summed E-state index contributed by atoms with van der Waals surface area (Å²) in [7, 11) is -2.28. The number of hydrogen-bond acceptors (Lipinski definition) is 3. The Morgan fingerprint density at radius 1 is 1.25 bits per heavy atom. The second-order valence-corrected chi connectivity index (χ2v) is 6.61. The van der Waals surface area contributed by atoms with Gasteiger partial charge in [0, 0.05) is 18.6 Å². The highest BCUT2D eigenvalue weighted by molar-refractivity contribution is 7.90. The van der Waals surface area contributed by atoms with Crippen molar-refractivity contribution in [3.63, 3.8) is 0 Å². The summed E-state index contributed by atoms with van der Waals surface area (Å²) in [6.07, 6.45) is 2.89. The molecule has 0 saturated carbocycles. The summed E-state index contributed by atoms with van der Waals surface area (Å²) < 4.78 is 26.0. The van der Waals surface area contributed by atoms with Crippen molar-refractivity contribution in [3.05, 3.63) is 29.3 Å².